The Balaban J connectivity index is 3.61. The molecule has 0 aliphatic carbocycles. The lowest BCUT2D eigenvalue weighted by molar-refractivity contribution is -0.0527. The van der Waals surface area contributed by atoms with E-state index in [4.69, 9.17) is 0 Å². The minimum Gasteiger partial charge on any atom is -0.289 e. The Morgan fingerprint density at radius 1 is 1.55 bits per heavy atom. The van der Waals surface area contributed by atoms with Gasteiger partial charge < -0.3 is 0 Å². The highest BCUT2D eigenvalue weighted by molar-refractivity contribution is 7.48. The summed E-state index contributed by atoms with van der Waals surface area (Å²) in [6.45, 7) is 2.10. The van der Waals surface area contributed by atoms with E-state index in [0.717, 1.165) is 13.5 Å². The molecule has 6 heteroatoms. The molecule has 0 aromatic heterocycles. The molecule has 0 aromatic rings. The number of unbranched alkanes of at least 4 members (excludes halogenated alkanes) is 1. The van der Waals surface area contributed by atoms with Gasteiger partial charge in [-0.25, -0.2) is 4.57 Å². The van der Waals surface area contributed by atoms with Crippen LogP contribution < -0.4 is 0 Å². The van der Waals surface area contributed by atoms with Crippen molar-refractivity contribution in [2.24, 2.45) is 0 Å². The lowest BCUT2D eigenvalue weighted by atomic mass is 10.4. The van der Waals surface area contributed by atoms with E-state index < -0.39 is 7.82 Å². The number of phosphoric acid groups is 1. The zero-order valence-corrected chi connectivity index (χ0v) is 7.47. The highest BCUT2D eigenvalue weighted by Gasteiger charge is 2.25. The van der Waals surface area contributed by atoms with E-state index in [1.807, 2.05) is 6.92 Å². The molecule has 0 bridgehead atoms. The van der Waals surface area contributed by atoms with Crippen molar-refractivity contribution >= 4 is 7.82 Å². The molecule has 1 unspecified atom stereocenters. The summed E-state index contributed by atoms with van der Waals surface area (Å²) in [6, 6.07) is 0. The van der Waals surface area contributed by atoms with Crippen LogP contribution in [0.3, 0.4) is 0 Å². The second-order valence-electron chi connectivity index (χ2n) is 1.89. The molecular weight excluding hydrogens is 174 g/mol. The van der Waals surface area contributed by atoms with Crippen LogP contribution in [0.5, 0.6) is 0 Å². The van der Waals surface area contributed by atoms with E-state index >= 15 is 0 Å². The van der Waals surface area contributed by atoms with E-state index in [1.54, 1.807) is 0 Å². The molecule has 68 valence electrons. The highest BCUT2D eigenvalue weighted by atomic mass is 31.2. The van der Waals surface area contributed by atoms with E-state index in [-0.39, 0.29) is 6.61 Å². The summed E-state index contributed by atoms with van der Waals surface area (Å²) in [4.78, 5) is 0. The van der Waals surface area contributed by atoms with Crippen molar-refractivity contribution in [1.82, 2.24) is 0 Å². The summed E-state index contributed by atoms with van der Waals surface area (Å²) in [6.07, 6.45) is 1.56. The predicted molar refractivity (Wildman–Crippen MR) is 37.7 cm³/mol. The summed E-state index contributed by atoms with van der Waals surface area (Å²) in [5.41, 5.74) is 0. The molecule has 0 aliphatic rings. The van der Waals surface area contributed by atoms with Crippen LogP contribution >= 0.6 is 7.82 Å². The maximum Gasteiger partial charge on any atom is 0.505 e. The predicted octanol–water partition coefficient (Wildman–Crippen LogP) is 2.46. The van der Waals surface area contributed by atoms with Crippen molar-refractivity contribution in [1.29, 1.82) is 0 Å². The normalized spacial score (nSPS) is 16.3. The van der Waals surface area contributed by atoms with Gasteiger partial charge in [0.15, 0.2) is 0 Å². The fourth-order valence-electron chi connectivity index (χ4n) is 0.421. The first kappa shape index (κ1) is 11.0. The third kappa shape index (κ3) is 4.48. The van der Waals surface area contributed by atoms with Gasteiger partial charge in [0.1, 0.15) is 0 Å². The standard InChI is InChI=1S/C5H12FO4P/c1-3-4-5-9-11(7,8-2)10-6/h3-5H2,1-2H3. The van der Waals surface area contributed by atoms with Crippen LogP contribution in [0.1, 0.15) is 19.8 Å². The van der Waals surface area contributed by atoms with Gasteiger partial charge in [-0.05, 0) is 10.9 Å². The summed E-state index contributed by atoms with van der Waals surface area (Å²) in [7, 11) is -2.82. The zero-order valence-electron chi connectivity index (χ0n) is 6.58. The first-order valence-electron chi connectivity index (χ1n) is 3.29. The summed E-state index contributed by atoms with van der Waals surface area (Å²) in [5, 5.41) is 0. The topological polar surface area (TPSA) is 44.8 Å². The maximum atomic E-state index is 11.5. The van der Waals surface area contributed by atoms with Crippen LogP contribution in [-0.4, -0.2) is 13.7 Å². The van der Waals surface area contributed by atoms with Crippen LogP contribution in [0.25, 0.3) is 0 Å². The van der Waals surface area contributed by atoms with Gasteiger partial charge in [-0.1, -0.05) is 18.1 Å². The second kappa shape index (κ2) is 5.66. The van der Waals surface area contributed by atoms with Gasteiger partial charge in [-0.3, -0.25) is 9.05 Å². The minimum atomic E-state index is -3.88. The van der Waals surface area contributed by atoms with Crippen molar-refractivity contribution in [3.8, 4) is 0 Å². The molecule has 0 saturated carbocycles. The number of phosphoric ester groups is 1. The second-order valence-corrected chi connectivity index (χ2v) is 3.54. The van der Waals surface area contributed by atoms with Gasteiger partial charge in [-0.15, -0.1) is 0 Å². The van der Waals surface area contributed by atoms with Gasteiger partial charge in [0, 0.05) is 7.11 Å². The Morgan fingerprint density at radius 2 is 2.18 bits per heavy atom. The Kier molecular flexibility index (Phi) is 5.68. The summed E-state index contributed by atoms with van der Waals surface area (Å²) in [5.74, 6) is 0. The van der Waals surface area contributed by atoms with Crippen LogP contribution in [0.15, 0.2) is 0 Å². The third-order valence-electron chi connectivity index (χ3n) is 1.06. The van der Waals surface area contributed by atoms with Crippen LogP contribution in [0.2, 0.25) is 0 Å². The van der Waals surface area contributed by atoms with Crippen molar-refractivity contribution in [2.45, 2.75) is 19.8 Å². The van der Waals surface area contributed by atoms with Crippen LogP contribution in [-0.2, 0) is 18.3 Å². The van der Waals surface area contributed by atoms with E-state index in [0.29, 0.717) is 6.42 Å². The Hall–Kier alpha value is 0.0400. The van der Waals surface area contributed by atoms with Gasteiger partial charge in [-0.2, -0.15) is 0 Å². The van der Waals surface area contributed by atoms with E-state index in [2.05, 4.69) is 13.8 Å². The molecule has 0 fully saturated rings. The molecule has 0 N–H and O–H groups in total. The summed E-state index contributed by atoms with van der Waals surface area (Å²) >= 11 is 0. The van der Waals surface area contributed by atoms with Crippen LogP contribution in [0.4, 0.5) is 4.53 Å². The lowest BCUT2D eigenvalue weighted by Gasteiger charge is -2.08. The lowest BCUT2D eigenvalue weighted by Crippen LogP contribution is -1.94. The molecule has 0 rings (SSSR count). The molecule has 0 aromatic carbocycles. The van der Waals surface area contributed by atoms with Gasteiger partial charge in [0.2, 0.25) is 0 Å². The molecule has 0 aliphatic heterocycles. The number of halogens is 1. The van der Waals surface area contributed by atoms with Crippen molar-refractivity contribution in [3.63, 3.8) is 0 Å². The van der Waals surface area contributed by atoms with Crippen LogP contribution in [0, 0.1) is 0 Å². The van der Waals surface area contributed by atoms with Crippen molar-refractivity contribution in [3.05, 3.63) is 0 Å². The van der Waals surface area contributed by atoms with Gasteiger partial charge >= 0.3 is 7.82 Å². The van der Waals surface area contributed by atoms with E-state index in [1.165, 1.54) is 0 Å². The monoisotopic (exact) mass is 186 g/mol. The fraction of sp³-hybridized carbons (Fsp3) is 1.00. The first-order valence-corrected chi connectivity index (χ1v) is 4.75. The quantitative estimate of drug-likeness (QED) is 0.472. The van der Waals surface area contributed by atoms with Crippen molar-refractivity contribution < 1.29 is 22.9 Å². The average Bonchev–Trinajstić information content (AvgIpc) is 2.05. The molecule has 0 heterocycles. The average molecular weight is 186 g/mol. The number of hydrogen-bond donors (Lipinski definition) is 0. The maximum absolute atomic E-state index is 11.5. The Labute approximate surface area is 65.2 Å². The minimum absolute atomic E-state index is 0.172. The SMILES string of the molecule is CCCCOP(=O)(OC)OF. The molecule has 0 spiro atoms. The molecule has 0 radical (unpaired) electrons. The summed E-state index contributed by atoms with van der Waals surface area (Å²) < 4.78 is 34.0. The smallest absolute Gasteiger partial charge is 0.289 e. The molecule has 0 saturated heterocycles. The third-order valence-corrected chi connectivity index (χ3v) is 2.17. The van der Waals surface area contributed by atoms with Gasteiger partial charge in [0.05, 0.1) is 6.61 Å². The van der Waals surface area contributed by atoms with Crippen molar-refractivity contribution in [2.75, 3.05) is 13.7 Å². The highest BCUT2D eigenvalue weighted by Crippen LogP contribution is 2.48. The molecule has 0 amide bonds. The zero-order chi connectivity index (χ0) is 8.74. The molecular formula is C5H12FO4P. The fourth-order valence-corrected chi connectivity index (χ4v) is 0.976. The Bertz CT molecular complexity index is 132. The largest absolute Gasteiger partial charge is 0.505 e. The number of rotatable bonds is 6. The van der Waals surface area contributed by atoms with E-state index in [9.17, 15) is 9.09 Å². The van der Waals surface area contributed by atoms with Gasteiger partial charge in [0.25, 0.3) is 0 Å². The molecule has 11 heavy (non-hydrogen) atoms. The molecule has 4 nitrogen and oxygen atoms in total. The Morgan fingerprint density at radius 3 is 2.55 bits per heavy atom. The first-order chi connectivity index (χ1) is 5.18. The number of hydrogen-bond acceptors (Lipinski definition) is 4. The molecule has 1 atom stereocenters.